The van der Waals surface area contributed by atoms with Gasteiger partial charge in [0, 0.05) is 19.5 Å². The average molecular weight is 420 g/mol. The molecule has 9 nitrogen and oxygen atoms in total. The molecular formula is C18H21FN6O3S. The minimum Gasteiger partial charge on any atom is -0.354 e. The number of rotatable bonds is 7. The molecule has 1 aliphatic rings. The fourth-order valence-corrected chi connectivity index (χ4v) is 3.48. The van der Waals surface area contributed by atoms with Gasteiger partial charge in [0.15, 0.2) is 4.77 Å². The van der Waals surface area contributed by atoms with Gasteiger partial charge in [0.25, 0.3) is 5.91 Å². The molecule has 3 rings (SSSR count). The largest absolute Gasteiger partial charge is 0.354 e. The fraction of sp³-hybridized carbons (Fsp3) is 0.389. The van der Waals surface area contributed by atoms with Crippen LogP contribution in [-0.4, -0.2) is 50.6 Å². The number of aromatic amines is 1. The highest BCUT2D eigenvalue weighted by Gasteiger charge is 2.49. The van der Waals surface area contributed by atoms with Crippen LogP contribution < -0.4 is 10.6 Å². The highest BCUT2D eigenvalue weighted by atomic mass is 32.1. The number of nitrogens with one attached hydrogen (secondary N) is 3. The fourth-order valence-electron chi connectivity index (χ4n) is 3.20. The molecule has 2 aromatic rings. The van der Waals surface area contributed by atoms with Gasteiger partial charge in [-0.1, -0.05) is 12.1 Å². The summed E-state index contributed by atoms with van der Waals surface area (Å²) < 4.78 is 15.5. The van der Waals surface area contributed by atoms with Crippen LogP contribution in [0.3, 0.4) is 0 Å². The molecule has 1 aromatic carbocycles. The van der Waals surface area contributed by atoms with Crippen LogP contribution in [0.4, 0.5) is 9.18 Å². The van der Waals surface area contributed by atoms with Crippen LogP contribution in [0.25, 0.3) is 0 Å². The average Bonchev–Trinajstić information content (AvgIpc) is 3.14. The first-order valence-corrected chi connectivity index (χ1v) is 9.48. The number of carbonyl (C=O) groups excluding carboxylic acids is 3. The standard InChI is InChI=1S/C18H21FN6O3S/c1-3-24-13(22-23-17(24)29)8-9-20-14(26)10-25-15(27)18(2,21-16(25)28)11-4-6-12(19)7-5-11/h4-7H,3,8-10H2,1-2H3,(H,20,26)(H,21,28)(H,23,29). The third-order valence-corrected chi connectivity index (χ3v) is 5.13. The van der Waals surface area contributed by atoms with Crippen molar-refractivity contribution in [2.45, 2.75) is 32.4 Å². The van der Waals surface area contributed by atoms with Crippen LogP contribution in [0.1, 0.15) is 25.2 Å². The van der Waals surface area contributed by atoms with Crippen LogP contribution in [-0.2, 0) is 28.1 Å². The summed E-state index contributed by atoms with van der Waals surface area (Å²) in [5.74, 6) is -0.795. The Hall–Kier alpha value is -3.08. The molecule has 0 bridgehead atoms. The molecule has 4 amide bonds. The molecule has 0 radical (unpaired) electrons. The summed E-state index contributed by atoms with van der Waals surface area (Å²) in [5.41, 5.74) is -0.922. The summed E-state index contributed by atoms with van der Waals surface area (Å²) in [5, 5.41) is 12.1. The van der Waals surface area contributed by atoms with E-state index in [2.05, 4.69) is 20.8 Å². The maximum Gasteiger partial charge on any atom is 0.325 e. The molecule has 154 valence electrons. The van der Waals surface area contributed by atoms with Gasteiger partial charge in [0.1, 0.15) is 23.7 Å². The van der Waals surface area contributed by atoms with E-state index >= 15 is 0 Å². The van der Waals surface area contributed by atoms with Crippen molar-refractivity contribution in [3.05, 3.63) is 46.2 Å². The van der Waals surface area contributed by atoms with E-state index in [0.29, 0.717) is 29.1 Å². The zero-order chi connectivity index (χ0) is 21.2. The highest BCUT2D eigenvalue weighted by Crippen LogP contribution is 2.28. The van der Waals surface area contributed by atoms with E-state index in [9.17, 15) is 18.8 Å². The lowest BCUT2D eigenvalue weighted by molar-refractivity contribution is -0.134. The topological polar surface area (TPSA) is 112 Å². The van der Waals surface area contributed by atoms with Crippen molar-refractivity contribution < 1.29 is 18.8 Å². The number of hydrogen-bond acceptors (Lipinski definition) is 5. The van der Waals surface area contributed by atoms with Crippen molar-refractivity contribution >= 4 is 30.1 Å². The number of imide groups is 1. The second-order valence-electron chi connectivity index (χ2n) is 6.74. The van der Waals surface area contributed by atoms with Crippen molar-refractivity contribution in [3.63, 3.8) is 0 Å². The molecule has 1 fully saturated rings. The van der Waals surface area contributed by atoms with E-state index in [1.54, 1.807) is 0 Å². The van der Waals surface area contributed by atoms with Crippen LogP contribution in [0.5, 0.6) is 0 Å². The number of carbonyl (C=O) groups is 3. The number of hydrogen-bond donors (Lipinski definition) is 3. The van der Waals surface area contributed by atoms with Gasteiger partial charge >= 0.3 is 6.03 Å². The number of amides is 4. The van der Waals surface area contributed by atoms with Gasteiger partial charge in [-0.15, -0.1) is 0 Å². The maximum absolute atomic E-state index is 13.2. The molecule has 3 N–H and O–H groups in total. The molecule has 0 spiro atoms. The summed E-state index contributed by atoms with van der Waals surface area (Å²) in [4.78, 5) is 38.1. The number of halogens is 1. The van der Waals surface area contributed by atoms with Gasteiger partial charge in [0.05, 0.1) is 0 Å². The maximum atomic E-state index is 13.2. The van der Waals surface area contributed by atoms with Gasteiger partial charge < -0.3 is 15.2 Å². The van der Waals surface area contributed by atoms with Gasteiger partial charge in [-0.2, -0.15) is 5.10 Å². The molecule has 1 aliphatic heterocycles. The molecular weight excluding hydrogens is 399 g/mol. The minimum atomic E-state index is -1.35. The quantitative estimate of drug-likeness (QED) is 0.461. The molecule has 0 aliphatic carbocycles. The third-order valence-electron chi connectivity index (χ3n) is 4.82. The number of aromatic nitrogens is 3. The van der Waals surface area contributed by atoms with E-state index in [1.807, 2.05) is 11.5 Å². The lowest BCUT2D eigenvalue weighted by atomic mass is 9.92. The summed E-state index contributed by atoms with van der Waals surface area (Å²) in [6.45, 7) is 3.97. The Kier molecular flexibility index (Phi) is 5.78. The summed E-state index contributed by atoms with van der Waals surface area (Å²) in [6, 6.07) is 4.60. The zero-order valence-corrected chi connectivity index (χ0v) is 16.8. The SMILES string of the molecule is CCn1c(CCNC(=O)CN2C(=O)NC(C)(c3ccc(F)cc3)C2=O)n[nH]c1=S. The Morgan fingerprint density at radius 2 is 2.00 bits per heavy atom. The Morgan fingerprint density at radius 1 is 1.31 bits per heavy atom. The molecule has 2 heterocycles. The summed E-state index contributed by atoms with van der Waals surface area (Å²) in [6.07, 6.45) is 0.445. The minimum absolute atomic E-state index is 0.275. The molecule has 0 saturated carbocycles. The number of urea groups is 1. The highest BCUT2D eigenvalue weighted by molar-refractivity contribution is 7.71. The first-order chi connectivity index (χ1) is 13.8. The lowest BCUT2D eigenvalue weighted by Crippen LogP contribution is -2.43. The number of benzene rings is 1. The van der Waals surface area contributed by atoms with Crippen LogP contribution in [0, 0.1) is 10.6 Å². The number of H-pyrrole nitrogens is 1. The number of nitrogens with zero attached hydrogens (tertiary/aromatic N) is 3. The smallest absolute Gasteiger partial charge is 0.325 e. The van der Waals surface area contributed by atoms with Gasteiger partial charge in [-0.05, 0) is 43.8 Å². The Balaban J connectivity index is 1.60. The first-order valence-electron chi connectivity index (χ1n) is 9.07. The van der Waals surface area contributed by atoms with Gasteiger partial charge in [0.2, 0.25) is 5.91 Å². The second-order valence-corrected chi connectivity index (χ2v) is 7.13. The van der Waals surface area contributed by atoms with Crippen molar-refractivity contribution in [1.82, 2.24) is 30.3 Å². The van der Waals surface area contributed by atoms with Crippen molar-refractivity contribution in [1.29, 1.82) is 0 Å². The second kappa shape index (κ2) is 8.11. The molecule has 29 heavy (non-hydrogen) atoms. The van der Waals surface area contributed by atoms with E-state index in [1.165, 1.54) is 31.2 Å². The van der Waals surface area contributed by atoms with Crippen LogP contribution in [0.15, 0.2) is 24.3 Å². The third kappa shape index (κ3) is 4.04. The van der Waals surface area contributed by atoms with Crippen molar-refractivity contribution in [2.75, 3.05) is 13.1 Å². The zero-order valence-electron chi connectivity index (χ0n) is 16.0. The Bertz CT molecular complexity index is 1000. The predicted molar refractivity (Wildman–Crippen MR) is 104 cm³/mol. The summed E-state index contributed by atoms with van der Waals surface area (Å²) >= 11 is 5.11. The van der Waals surface area contributed by atoms with Crippen LogP contribution >= 0.6 is 12.2 Å². The van der Waals surface area contributed by atoms with E-state index < -0.39 is 35.7 Å². The normalized spacial score (nSPS) is 18.8. The van der Waals surface area contributed by atoms with Crippen molar-refractivity contribution in [3.8, 4) is 0 Å². The monoisotopic (exact) mass is 420 g/mol. The predicted octanol–water partition coefficient (Wildman–Crippen LogP) is 1.23. The van der Waals surface area contributed by atoms with E-state index in [0.717, 1.165) is 4.90 Å². The van der Waals surface area contributed by atoms with E-state index in [4.69, 9.17) is 12.2 Å². The summed E-state index contributed by atoms with van der Waals surface area (Å²) in [7, 11) is 0. The van der Waals surface area contributed by atoms with Gasteiger partial charge in [-0.3, -0.25) is 19.6 Å². The molecule has 1 aromatic heterocycles. The molecule has 1 saturated heterocycles. The first kappa shape index (κ1) is 20.6. The van der Waals surface area contributed by atoms with E-state index in [-0.39, 0.29) is 6.54 Å². The van der Waals surface area contributed by atoms with Crippen LogP contribution in [0.2, 0.25) is 0 Å². The van der Waals surface area contributed by atoms with Crippen molar-refractivity contribution in [2.24, 2.45) is 0 Å². The Labute approximate surface area is 171 Å². The Morgan fingerprint density at radius 3 is 2.66 bits per heavy atom. The molecule has 1 unspecified atom stereocenters. The lowest BCUT2D eigenvalue weighted by Gasteiger charge is -2.22. The molecule has 1 atom stereocenters. The van der Waals surface area contributed by atoms with Gasteiger partial charge in [-0.25, -0.2) is 9.18 Å². The molecule has 11 heteroatoms.